The molecule has 0 saturated heterocycles. The van der Waals surface area contributed by atoms with E-state index in [1.807, 2.05) is 0 Å². The van der Waals surface area contributed by atoms with Crippen LogP contribution in [0.25, 0.3) is 0 Å². The second-order valence-electron chi connectivity index (χ2n) is 7.69. The van der Waals surface area contributed by atoms with Crippen LogP contribution in [-0.4, -0.2) is 12.6 Å². The standard InChI is InChI=1S/C22H42O2/c1-20(2)18-16-14-12-10-8-6-5-7-9-11-13-15-17-19-24-22(23)21(3)4/h20H,3,5-19H2,1-2,4H3. The second kappa shape index (κ2) is 17.0. The van der Waals surface area contributed by atoms with Gasteiger partial charge in [-0.1, -0.05) is 104 Å². The lowest BCUT2D eigenvalue weighted by Crippen LogP contribution is -2.05. The van der Waals surface area contributed by atoms with Crippen LogP contribution in [0.5, 0.6) is 0 Å². The Morgan fingerprint density at radius 2 is 1.12 bits per heavy atom. The number of hydrogen-bond acceptors (Lipinski definition) is 2. The number of unbranched alkanes of at least 4 members (excludes halogenated alkanes) is 12. The predicted octanol–water partition coefficient (Wildman–Crippen LogP) is 7.22. The van der Waals surface area contributed by atoms with E-state index in [1.165, 1.54) is 83.5 Å². The molecule has 0 aromatic carbocycles. The van der Waals surface area contributed by atoms with Gasteiger partial charge in [-0.15, -0.1) is 0 Å². The molecule has 142 valence electrons. The van der Waals surface area contributed by atoms with Gasteiger partial charge < -0.3 is 4.74 Å². The van der Waals surface area contributed by atoms with E-state index in [-0.39, 0.29) is 5.97 Å². The second-order valence-corrected chi connectivity index (χ2v) is 7.69. The van der Waals surface area contributed by atoms with Gasteiger partial charge in [-0.2, -0.15) is 0 Å². The fourth-order valence-electron chi connectivity index (χ4n) is 2.89. The van der Waals surface area contributed by atoms with Gasteiger partial charge in [-0.25, -0.2) is 4.79 Å². The van der Waals surface area contributed by atoms with E-state index in [0.29, 0.717) is 12.2 Å². The Morgan fingerprint density at radius 1 is 0.750 bits per heavy atom. The van der Waals surface area contributed by atoms with Crippen LogP contribution < -0.4 is 0 Å². The Kier molecular flexibility index (Phi) is 16.5. The zero-order valence-electron chi connectivity index (χ0n) is 16.7. The maximum absolute atomic E-state index is 11.2. The minimum absolute atomic E-state index is 0.255. The molecular weight excluding hydrogens is 296 g/mol. The fourth-order valence-corrected chi connectivity index (χ4v) is 2.89. The van der Waals surface area contributed by atoms with Crippen molar-refractivity contribution in [3.05, 3.63) is 12.2 Å². The summed E-state index contributed by atoms with van der Waals surface area (Å²) in [5, 5.41) is 0. The molecule has 0 radical (unpaired) electrons. The molecule has 0 unspecified atom stereocenters. The molecule has 0 atom stereocenters. The van der Waals surface area contributed by atoms with E-state index < -0.39 is 0 Å². The molecule has 0 aromatic rings. The number of ether oxygens (including phenoxy) is 1. The maximum atomic E-state index is 11.2. The van der Waals surface area contributed by atoms with Crippen molar-refractivity contribution in [2.45, 2.75) is 111 Å². The zero-order chi connectivity index (χ0) is 18.0. The van der Waals surface area contributed by atoms with Gasteiger partial charge in [-0.3, -0.25) is 0 Å². The van der Waals surface area contributed by atoms with Gasteiger partial charge in [0.15, 0.2) is 0 Å². The van der Waals surface area contributed by atoms with Crippen LogP contribution >= 0.6 is 0 Å². The molecule has 0 aliphatic rings. The first-order valence-electron chi connectivity index (χ1n) is 10.4. The van der Waals surface area contributed by atoms with Gasteiger partial charge in [0.1, 0.15) is 0 Å². The first-order chi connectivity index (χ1) is 11.5. The number of carbonyl (C=O) groups excluding carboxylic acids is 1. The molecule has 0 aliphatic heterocycles. The Morgan fingerprint density at radius 3 is 1.50 bits per heavy atom. The highest BCUT2D eigenvalue weighted by Gasteiger charge is 2.01. The number of rotatable bonds is 17. The molecule has 2 heteroatoms. The summed E-state index contributed by atoms with van der Waals surface area (Å²) in [5.41, 5.74) is 0.491. The summed E-state index contributed by atoms with van der Waals surface area (Å²) in [5.74, 6) is 0.617. The average molecular weight is 339 g/mol. The number of hydrogen-bond donors (Lipinski definition) is 0. The Labute approximate surface area is 151 Å². The van der Waals surface area contributed by atoms with Crippen LogP contribution in [0.1, 0.15) is 111 Å². The van der Waals surface area contributed by atoms with Gasteiger partial charge >= 0.3 is 5.97 Å². The summed E-state index contributed by atoms with van der Waals surface area (Å²) in [4.78, 5) is 11.2. The van der Waals surface area contributed by atoms with Gasteiger partial charge in [0.05, 0.1) is 6.61 Å². The largest absolute Gasteiger partial charge is 0.462 e. The monoisotopic (exact) mass is 338 g/mol. The molecule has 0 aliphatic carbocycles. The number of esters is 1. The Bertz CT molecular complexity index is 307. The summed E-state index contributed by atoms with van der Waals surface area (Å²) < 4.78 is 5.08. The van der Waals surface area contributed by atoms with E-state index in [0.717, 1.165) is 12.3 Å². The van der Waals surface area contributed by atoms with Gasteiger partial charge in [0, 0.05) is 5.57 Å². The fraction of sp³-hybridized carbons (Fsp3) is 0.864. The maximum Gasteiger partial charge on any atom is 0.333 e. The highest BCUT2D eigenvalue weighted by molar-refractivity contribution is 5.86. The Balaban J connectivity index is 3.08. The van der Waals surface area contributed by atoms with E-state index in [4.69, 9.17) is 4.74 Å². The third-order valence-electron chi connectivity index (χ3n) is 4.51. The van der Waals surface area contributed by atoms with E-state index in [2.05, 4.69) is 20.4 Å². The topological polar surface area (TPSA) is 26.3 Å². The van der Waals surface area contributed by atoms with Crippen LogP contribution in [-0.2, 0) is 9.53 Å². The molecule has 2 nitrogen and oxygen atoms in total. The van der Waals surface area contributed by atoms with E-state index in [9.17, 15) is 4.79 Å². The Hall–Kier alpha value is -0.790. The quantitative estimate of drug-likeness (QED) is 0.159. The van der Waals surface area contributed by atoms with Crippen molar-refractivity contribution in [3.63, 3.8) is 0 Å². The molecular formula is C22H42O2. The molecule has 0 amide bonds. The van der Waals surface area contributed by atoms with Crippen molar-refractivity contribution in [2.24, 2.45) is 5.92 Å². The van der Waals surface area contributed by atoms with Crippen molar-refractivity contribution >= 4 is 5.97 Å². The molecule has 0 bridgehead atoms. The molecule has 0 rings (SSSR count). The first-order valence-corrected chi connectivity index (χ1v) is 10.4. The molecule has 24 heavy (non-hydrogen) atoms. The zero-order valence-corrected chi connectivity index (χ0v) is 16.7. The van der Waals surface area contributed by atoms with Crippen molar-refractivity contribution in [2.75, 3.05) is 6.61 Å². The minimum Gasteiger partial charge on any atom is -0.462 e. The average Bonchev–Trinajstić information content (AvgIpc) is 2.53. The first kappa shape index (κ1) is 23.2. The summed E-state index contributed by atoms with van der Waals surface area (Å²) in [6.45, 7) is 10.4. The summed E-state index contributed by atoms with van der Waals surface area (Å²) in [6.07, 6.45) is 18.8. The molecule has 0 N–H and O–H groups in total. The minimum atomic E-state index is -0.255. The molecule has 0 fully saturated rings. The van der Waals surface area contributed by atoms with Crippen molar-refractivity contribution in [1.29, 1.82) is 0 Å². The van der Waals surface area contributed by atoms with Crippen LogP contribution in [0.15, 0.2) is 12.2 Å². The summed E-state index contributed by atoms with van der Waals surface area (Å²) >= 11 is 0. The third kappa shape index (κ3) is 17.6. The summed E-state index contributed by atoms with van der Waals surface area (Å²) in [6, 6.07) is 0. The highest BCUT2D eigenvalue weighted by atomic mass is 16.5. The van der Waals surface area contributed by atoms with Crippen LogP contribution in [0.2, 0.25) is 0 Å². The van der Waals surface area contributed by atoms with E-state index >= 15 is 0 Å². The summed E-state index contributed by atoms with van der Waals surface area (Å²) in [7, 11) is 0. The van der Waals surface area contributed by atoms with Crippen LogP contribution in [0.4, 0.5) is 0 Å². The lowest BCUT2D eigenvalue weighted by Gasteiger charge is -2.05. The molecule has 0 saturated carbocycles. The lowest BCUT2D eigenvalue weighted by atomic mass is 10.0. The molecule has 0 heterocycles. The third-order valence-corrected chi connectivity index (χ3v) is 4.51. The molecule has 0 spiro atoms. The smallest absolute Gasteiger partial charge is 0.333 e. The normalized spacial score (nSPS) is 11.0. The lowest BCUT2D eigenvalue weighted by molar-refractivity contribution is -0.139. The van der Waals surface area contributed by atoms with Crippen molar-refractivity contribution < 1.29 is 9.53 Å². The van der Waals surface area contributed by atoms with Crippen LogP contribution in [0.3, 0.4) is 0 Å². The predicted molar refractivity (Wildman–Crippen MR) is 105 cm³/mol. The number of carbonyl (C=O) groups is 1. The van der Waals surface area contributed by atoms with Crippen molar-refractivity contribution in [1.82, 2.24) is 0 Å². The highest BCUT2D eigenvalue weighted by Crippen LogP contribution is 2.14. The van der Waals surface area contributed by atoms with Gasteiger partial charge in [0.25, 0.3) is 0 Å². The van der Waals surface area contributed by atoms with Gasteiger partial charge in [0.2, 0.25) is 0 Å². The molecule has 0 aromatic heterocycles. The SMILES string of the molecule is C=C(C)C(=O)OCCCCCCCCCCCCCCCC(C)C. The van der Waals surface area contributed by atoms with Gasteiger partial charge in [-0.05, 0) is 19.3 Å². The van der Waals surface area contributed by atoms with Crippen molar-refractivity contribution in [3.8, 4) is 0 Å². The van der Waals surface area contributed by atoms with E-state index in [1.54, 1.807) is 6.92 Å². The van der Waals surface area contributed by atoms with Crippen LogP contribution in [0, 0.1) is 5.92 Å².